The van der Waals surface area contributed by atoms with E-state index in [4.69, 9.17) is 16.3 Å². The van der Waals surface area contributed by atoms with Crippen LogP contribution in [0, 0.1) is 6.92 Å². The monoisotopic (exact) mass is 382 g/mol. The zero-order valence-corrected chi connectivity index (χ0v) is 15.7. The second-order valence-electron chi connectivity index (χ2n) is 6.12. The molecule has 3 aromatic rings. The van der Waals surface area contributed by atoms with Crippen LogP contribution >= 0.6 is 11.6 Å². The highest BCUT2D eigenvalue weighted by molar-refractivity contribution is 6.35. The third kappa shape index (κ3) is 4.38. The number of halogens is 1. The average Bonchev–Trinajstić information content (AvgIpc) is 2.67. The highest BCUT2D eigenvalue weighted by Gasteiger charge is 2.16. The molecule has 138 valence electrons. The average molecular weight is 383 g/mol. The molecule has 0 fully saturated rings. The van der Waals surface area contributed by atoms with Crippen molar-refractivity contribution in [1.29, 1.82) is 0 Å². The molecule has 0 atom stereocenters. The van der Waals surface area contributed by atoms with E-state index in [1.165, 1.54) is 24.3 Å². The van der Waals surface area contributed by atoms with Crippen LogP contribution in [0.15, 0.2) is 54.7 Å². The van der Waals surface area contributed by atoms with E-state index in [-0.39, 0.29) is 10.6 Å². The Kier molecular flexibility index (Phi) is 5.62. The summed E-state index contributed by atoms with van der Waals surface area (Å²) in [5, 5.41) is 12.7. The molecule has 0 aliphatic heterocycles. The first-order valence-corrected chi connectivity index (χ1v) is 8.72. The molecular weight excluding hydrogens is 364 g/mol. The van der Waals surface area contributed by atoms with Crippen molar-refractivity contribution in [1.82, 2.24) is 4.98 Å². The van der Waals surface area contributed by atoms with Crippen molar-refractivity contribution < 1.29 is 14.6 Å². The molecule has 0 saturated carbocycles. The molecule has 1 heterocycles. The summed E-state index contributed by atoms with van der Waals surface area (Å²) in [6, 6.07) is 15.2. The number of carboxylic acids is 1. The zero-order valence-electron chi connectivity index (χ0n) is 15.0. The summed E-state index contributed by atoms with van der Waals surface area (Å²) in [5.74, 6) is -0.0580. The topological polar surface area (TPSA) is 71.5 Å². The van der Waals surface area contributed by atoms with Crippen molar-refractivity contribution in [2.75, 3.05) is 12.4 Å². The fourth-order valence-corrected chi connectivity index (χ4v) is 3.02. The number of anilines is 1. The number of benzene rings is 2. The number of methoxy groups -OCH3 is 1. The quantitative estimate of drug-likeness (QED) is 0.625. The number of aryl methyl sites for hydroxylation is 1. The van der Waals surface area contributed by atoms with Crippen molar-refractivity contribution in [3.63, 3.8) is 0 Å². The van der Waals surface area contributed by atoms with Crippen LogP contribution in [-0.2, 0) is 6.54 Å². The molecule has 0 unspecified atom stereocenters. The van der Waals surface area contributed by atoms with Crippen molar-refractivity contribution in [2.45, 2.75) is 13.5 Å². The number of pyridine rings is 1. The summed E-state index contributed by atoms with van der Waals surface area (Å²) in [6.07, 6.45) is 1.69. The van der Waals surface area contributed by atoms with Gasteiger partial charge in [0.1, 0.15) is 11.6 Å². The Balaban J connectivity index is 1.81. The molecule has 5 nitrogen and oxygen atoms in total. The molecule has 2 aromatic carbocycles. The standard InChI is InChI=1S/C21H19ClN2O3/c1-13-4-3-5-14(8-13)11-23-19-7-6-15(12-24-19)16-9-17(21(25)26)20(22)18(10-16)27-2/h3-10,12H,11H2,1-2H3,(H,23,24)(H,25,26). The van der Waals surface area contributed by atoms with Gasteiger partial charge in [-0.2, -0.15) is 0 Å². The van der Waals surface area contributed by atoms with E-state index in [1.807, 2.05) is 18.2 Å². The van der Waals surface area contributed by atoms with Crippen LogP contribution in [0.5, 0.6) is 5.75 Å². The van der Waals surface area contributed by atoms with Gasteiger partial charge in [0.25, 0.3) is 0 Å². The van der Waals surface area contributed by atoms with Crippen LogP contribution in [-0.4, -0.2) is 23.2 Å². The van der Waals surface area contributed by atoms with Crippen LogP contribution in [0.2, 0.25) is 5.02 Å². The summed E-state index contributed by atoms with van der Waals surface area (Å²) in [6.45, 7) is 2.73. The van der Waals surface area contributed by atoms with Gasteiger partial charge >= 0.3 is 5.97 Å². The molecule has 0 aliphatic carbocycles. The number of carboxylic acid groups (broad SMARTS) is 1. The predicted molar refractivity (Wildman–Crippen MR) is 107 cm³/mol. The minimum Gasteiger partial charge on any atom is -0.495 e. The molecule has 27 heavy (non-hydrogen) atoms. The van der Waals surface area contributed by atoms with Gasteiger partial charge in [0, 0.05) is 18.3 Å². The molecule has 3 rings (SSSR count). The summed E-state index contributed by atoms with van der Waals surface area (Å²) in [4.78, 5) is 15.8. The molecule has 0 spiro atoms. The largest absolute Gasteiger partial charge is 0.495 e. The highest BCUT2D eigenvalue weighted by atomic mass is 35.5. The number of carbonyl (C=O) groups is 1. The van der Waals surface area contributed by atoms with Crippen LogP contribution in [0.1, 0.15) is 21.5 Å². The first-order chi connectivity index (χ1) is 13.0. The van der Waals surface area contributed by atoms with Crippen molar-refractivity contribution in [2.24, 2.45) is 0 Å². The maximum Gasteiger partial charge on any atom is 0.337 e. The molecule has 1 aromatic heterocycles. The van der Waals surface area contributed by atoms with E-state index in [2.05, 4.69) is 35.4 Å². The normalized spacial score (nSPS) is 10.5. The Labute approximate surface area is 162 Å². The van der Waals surface area contributed by atoms with Gasteiger partial charge in [-0.3, -0.25) is 0 Å². The lowest BCUT2D eigenvalue weighted by molar-refractivity contribution is 0.0696. The lowest BCUT2D eigenvalue weighted by Gasteiger charge is -2.11. The number of ether oxygens (including phenoxy) is 1. The molecule has 6 heteroatoms. The number of aromatic carboxylic acids is 1. The first-order valence-electron chi connectivity index (χ1n) is 8.34. The Hall–Kier alpha value is -3.05. The summed E-state index contributed by atoms with van der Waals surface area (Å²) < 4.78 is 5.19. The molecule has 2 N–H and O–H groups in total. The minimum atomic E-state index is -1.11. The molecule has 0 aliphatic rings. The summed E-state index contributed by atoms with van der Waals surface area (Å²) in [7, 11) is 1.45. The van der Waals surface area contributed by atoms with E-state index in [1.54, 1.807) is 12.3 Å². The summed E-state index contributed by atoms with van der Waals surface area (Å²) >= 11 is 6.07. The van der Waals surface area contributed by atoms with Crippen LogP contribution in [0.25, 0.3) is 11.1 Å². The Bertz CT molecular complexity index is 972. The molecule has 0 radical (unpaired) electrons. The van der Waals surface area contributed by atoms with Gasteiger partial charge in [-0.25, -0.2) is 9.78 Å². The van der Waals surface area contributed by atoms with Gasteiger partial charge in [-0.05, 0) is 42.3 Å². The van der Waals surface area contributed by atoms with Gasteiger partial charge in [0.2, 0.25) is 0 Å². The fourth-order valence-electron chi connectivity index (χ4n) is 2.75. The number of hydrogen-bond donors (Lipinski definition) is 2. The Morgan fingerprint density at radius 3 is 2.63 bits per heavy atom. The van der Waals surface area contributed by atoms with Crippen molar-refractivity contribution in [3.05, 3.63) is 76.4 Å². The Morgan fingerprint density at radius 1 is 1.19 bits per heavy atom. The lowest BCUT2D eigenvalue weighted by Crippen LogP contribution is -2.02. The third-order valence-corrected chi connectivity index (χ3v) is 4.53. The number of hydrogen-bond acceptors (Lipinski definition) is 4. The maximum atomic E-state index is 11.4. The lowest BCUT2D eigenvalue weighted by atomic mass is 10.0. The van der Waals surface area contributed by atoms with Gasteiger partial charge in [-0.15, -0.1) is 0 Å². The van der Waals surface area contributed by atoms with Gasteiger partial charge in [-0.1, -0.05) is 41.4 Å². The second-order valence-corrected chi connectivity index (χ2v) is 6.50. The van der Waals surface area contributed by atoms with Gasteiger partial charge < -0.3 is 15.2 Å². The van der Waals surface area contributed by atoms with E-state index in [0.717, 1.165) is 11.4 Å². The van der Waals surface area contributed by atoms with Gasteiger partial charge in [0.05, 0.1) is 17.7 Å². The number of nitrogens with one attached hydrogen (secondary N) is 1. The minimum absolute atomic E-state index is 0.00679. The van der Waals surface area contributed by atoms with Crippen molar-refractivity contribution >= 4 is 23.4 Å². The first kappa shape index (κ1) is 18.7. The molecular formula is C21H19ClN2O3. The third-order valence-electron chi connectivity index (χ3n) is 4.14. The highest BCUT2D eigenvalue weighted by Crippen LogP contribution is 2.34. The SMILES string of the molecule is COc1cc(-c2ccc(NCc3cccc(C)c3)nc2)cc(C(=O)O)c1Cl. The van der Waals surface area contributed by atoms with Crippen molar-refractivity contribution in [3.8, 4) is 16.9 Å². The second kappa shape index (κ2) is 8.10. The van der Waals surface area contributed by atoms with Crippen LogP contribution < -0.4 is 10.1 Å². The molecule has 0 amide bonds. The van der Waals surface area contributed by atoms with Gasteiger partial charge in [0.15, 0.2) is 0 Å². The molecule has 0 saturated heterocycles. The molecule has 0 bridgehead atoms. The van der Waals surface area contributed by atoms with E-state index in [9.17, 15) is 9.90 Å². The van der Waals surface area contributed by atoms with E-state index in [0.29, 0.717) is 17.9 Å². The predicted octanol–water partition coefficient (Wildman–Crippen LogP) is 5.03. The van der Waals surface area contributed by atoms with E-state index >= 15 is 0 Å². The maximum absolute atomic E-state index is 11.4. The Morgan fingerprint density at radius 2 is 2.00 bits per heavy atom. The van der Waals surface area contributed by atoms with E-state index < -0.39 is 5.97 Å². The number of aromatic nitrogens is 1. The number of rotatable bonds is 6. The van der Waals surface area contributed by atoms with Crippen LogP contribution in [0.4, 0.5) is 5.82 Å². The number of nitrogens with zero attached hydrogens (tertiary/aromatic N) is 1. The fraction of sp³-hybridized carbons (Fsp3) is 0.143. The van der Waals surface area contributed by atoms with Crippen LogP contribution in [0.3, 0.4) is 0 Å². The summed E-state index contributed by atoms with van der Waals surface area (Å²) in [5.41, 5.74) is 3.82. The zero-order chi connectivity index (χ0) is 19.4. The smallest absolute Gasteiger partial charge is 0.337 e.